The summed E-state index contributed by atoms with van der Waals surface area (Å²) in [5.41, 5.74) is 0.0624. The van der Waals surface area contributed by atoms with Gasteiger partial charge in [-0.2, -0.15) is 0 Å². The molecule has 2 N–H and O–H groups in total. The third kappa shape index (κ3) is 3.53. The van der Waals surface area contributed by atoms with Gasteiger partial charge < -0.3 is 15.2 Å². The van der Waals surface area contributed by atoms with Gasteiger partial charge in [0.25, 0.3) is 5.91 Å². The molecule has 0 bridgehead atoms. The maximum atomic E-state index is 12.9. The third-order valence-electron chi connectivity index (χ3n) is 2.06. The average molecular weight is 241 g/mol. The predicted molar refractivity (Wildman–Crippen MR) is 56.8 cm³/mol. The number of aliphatic hydroxyl groups is 1. The molecule has 0 saturated heterocycles. The molecule has 17 heavy (non-hydrogen) atoms. The van der Waals surface area contributed by atoms with E-state index in [2.05, 4.69) is 10.1 Å². The molecule has 1 aromatic carbocycles. The van der Waals surface area contributed by atoms with Gasteiger partial charge in [0, 0.05) is 5.56 Å². The lowest BCUT2D eigenvalue weighted by molar-refractivity contribution is -0.143. The molecular formula is C11H12FNO4. The van der Waals surface area contributed by atoms with Crippen LogP contribution in [0.5, 0.6) is 0 Å². The normalized spacial score (nSPS) is 11.7. The maximum Gasteiger partial charge on any atom is 0.330 e. The van der Waals surface area contributed by atoms with Crippen LogP contribution in [0.1, 0.15) is 10.4 Å². The van der Waals surface area contributed by atoms with Crippen LogP contribution in [0.15, 0.2) is 24.3 Å². The number of hydrogen-bond acceptors (Lipinski definition) is 4. The van der Waals surface area contributed by atoms with E-state index < -0.39 is 30.3 Å². The summed E-state index contributed by atoms with van der Waals surface area (Å²) in [6.07, 6.45) is 0. The Hall–Kier alpha value is -1.95. The Labute approximate surface area is 97.2 Å². The van der Waals surface area contributed by atoms with E-state index in [0.29, 0.717) is 0 Å². The van der Waals surface area contributed by atoms with Crippen molar-refractivity contribution >= 4 is 11.9 Å². The minimum Gasteiger partial charge on any atom is -0.467 e. The molecule has 1 amide bonds. The number of methoxy groups -OCH3 is 1. The highest BCUT2D eigenvalue weighted by Crippen LogP contribution is 2.03. The van der Waals surface area contributed by atoms with Gasteiger partial charge >= 0.3 is 5.97 Å². The summed E-state index contributed by atoms with van der Waals surface area (Å²) in [6.45, 7) is -0.590. The van der Waals surface area contributed by atoms with Crippen molar-refractivity contribution < 1.29 is 23.8 Å². The van der Waals surface area contributed by atoms with E-state index in [0.717, 1.165) is 13.2 Å². The second-order valence-electron chi connectivity index (χ2n) is 3.24. The minimum absolute atomic E-state index is 0.0624. The minimum atomic E-state index is -1.16. The van der Waals surface area contributed by atoms with Gasteiger partial charge in [-0.05, 0) is 18.2 Å². The lowest BCUT2D eigenvalue weighted by Gasteiger charge is -2.13. The molecule has 1 unspecified atom stereocenters. The fourth-order valence-corrected chi connectivity index (χ4v) is 1.19. The molecule has 5 nitrogen and oxygen atoms in total. The Morgan fingerprint density at radius 1 is 1.53 bits per heavy atom. The zero-order chi connectivity index (χ0) is 12.8. The number of benzene rings is 1. The van der Waals surface area contributed by atoms with Crippen molar-refractivity contribution in [2.45, 2.75) is 6.04 Å². The van der Waals surface area contributed by atoms with Crippen LogP contribution in [-0.4, -0.2) is 36.7 Å². The molecule has 0 fully saturated rings. The summed E-state index contributed by atoms with van der Waals surface area (Å²) < 4.78 is 17.2. The van der Waals surface area contributed by atoms with Crippen molar-refractivity contribution in [2.24, 2.45) is 0 Å². The molecule has 1 atom stereocenters. The quantitative estimate of drug-likeness (QED) is 0.732. The average Bonchev–Trinajstić information content (AvgIpc) is 2.34. The molecule has 0 aromatic heterocycles. The molecule has 0 aliphatic heterocycles. The SMILES string of the molecule is COC(=O)C(CO)NC(=O)c1cccc(F)c1. The smallest absolute Gasteiger partial charge is 0.330 e. The second kappa shape index (κ2) is 5.95. The molecule has 0 radical (unpaired) electrons. The lowest BCUT2D eigenvalue weighted by Crippen LogP contribution is -2.44. The summed E-state index contributed by atoms with van der Waals surface area (Å²) in [4.78, 5) is 22.7. The topological polar surface area (TPSA) is 75.6 Å². The van der Waals surface area contributed by atoms with E-state index in [1.54, 1.807) is 0 Å². The van der Waals surface area contributed by atoms with Crippen LogP contribution >= 0.6 is 0 Å². The van der Waals surface area contributed by atoms with Crippen LogP contribution in [0.4, 0.5) is 4.39 Å². The van der Waals surface area contributed by atoms with E-state index in [1.165, 1.54) is 18.2 Å². The predicted octanol–water partition coefficient (Wildman–Crippen LogP) is 0.0894. The standard InChI is InChI=1S/C11H12FNO4/c1-17-11(16)9(6-14)13-10(15)7-3-2-4-8(12)5-7/h2-5,9,14H,6H2,1H3,(H,13,15). The van der Waals surface area contributed by atoms with Crippen LogP contribution in [0.25, 0.3) is 0 Å². The number of hydrogen-bond donors (Lipinski definition) is 2. The molecule has 1 rings (SSSR count). The molecule has 0 aliphatic carbocycles. The van der Waals surface area contributed by atoms with E-state index >= 15 is 0 Å². The zero-order valence-corrected chi connectivity index (χ0v) is 9.14. The molecule has 6 heteroatoms. The van der Waals surface area contributed by atoms with Crippen molar-refractivity contribution in [2.75, 3.05) is 13.7 Å². The first-order valence-electron chi connectivity index (χ1n) is 4.83. The largest absolute Gasteiger partial charge is 0.467 e. The highest BCUT2D eigenvalue weighted by atomic mass is 19.1. The Morgan fingerprint density at radius 2 is 2.24 bits per heavy atom. The summed E-state index contributed by atoms with van der Waals surface area (Å²) >= 11 is 0. The zero-order valence-electron chi connectivity index (χ0n) is 9.14. The van der Waals surface area contributed by atoms with Gasteiger partial charge in [-0.25, -0.2) is 9.18 Å². The number of halogens is 1. The van der Waals surface area contributed by atoms with Gasteiger partial charge in [-0.15, -0.1) is 0 Å². The van der Waals surface area contributed by atoms with Gasteiger partial charge in [0.2, 0.25) is 0 Å². The van der Waals surface area contributed by atoms with Crippen LogP contribution in [0, 0.1) is 5.82 Å². The van der Waals surface area contributed by atoms with Gasteiger partial charge in [-0.1, -0.05) is 6.07 Å². The van der Waals surface area contributed by atoms with Crippen molar-refractivity contribution in [1.29, 1.82) is 0 Å². The molecule has 0 spiro atoms. The van der Waals surface area contributed by atoms with Crippen molar-refractivity contribution in [3.05, 3.63) is 35.6 Å². The van der Waals surface area contributed by atoms with Crippen LogP contribution < -0.4 is 5.32 Å². The number of carbonyl (C=O) groups is 2. The Bertz CT molecular complexity index is 422. The number of esters is 1. The molecule has 1 aromatic rings. The Balaban J connectivity index is 2.74. The van der Waals surface area contributed by atoms with Gasteiger partial charge in [0.05, 0.1) is 13.7 Å². The third-order valence-corrected chi connectivity index (χ3v) is 2.06. The van der Waals surface area contributed by atoms with E-state index in [1.807, 2.05) is 0 Å². The van der Waals surface area contributed by atoms with Crippen molar-refractivity contribution in [3.8, 4) is 0 Å². The van der Waals surface area contributed by atoms with Gasteiger partial charge in [0.15, 0.2) is 6.04 Å². The maximum absolute atomic E-state index is 12.9. The van der Waals surface area contributed by atoms with E-state index in [4.69, 9.17) is 5.11 Å². The monoisotopic (exact) mass is 241 g/mol. The number of nitrogens with one attached hydrogen (secondary N) is 1. The Morgan fingerprint density at radius 3 is 2.76 bits per heavy atom. The molecule has 92 valence electrons. The summed E-state index contributed by atoms with van der Waals surface area (Å²) in [5.74, 6) is -1.98. The number of rotatable bonds is 4. The second-order valence-corrected chi connectivity index (χ2v) is 3.24. The van der Waals surface area contributed by atoms with Crippen LogP contribution in [-0.2, 0) is 9.53 Å². The molecule has 0 aliphatic rings. The van der Waals surface area contributed by atoms with Crippen LogP contribution in [0.3, 0.4) is 0 Å². The number of aliphatic hydroxyl groups excluding tert-OH is 1. The first kappa shape index (κ1) is 13.1. The molecule has 0 saturated carbocycles. The first-order chi connectivity index (χ1) is 8.08. The van der Waals surface area contributed by atoms with Gasteiger partial charge in [-0.3, -0.25) is 4.79 Å². The fraction of sp³-hybridized carbons (Fsp3) is 0.273. The van der Waals surface area contributed by atoms with E-state index in [-0.39, 0.29) is 5.56 Å². The highest BCUT2D eigenvalue weighted by Gasteiger charge is 2.21. The summed E-state index contributed by atoms with van der Waals surface area (Å²) in [7, 11) is 1.14. The van der Waals surface area contributed by atoms with Crippen molar-refractivity contribution in [3.63, 3.8) is 0 Å². The van der Waals surface area contributed by atoms with E-state index in [9.17, 15) is 14.0 Å². The summed E-state index contributed by atoms with van der Waals surface area (Å²) in [6, 6.07) is 3.83. The fourth-order valence-electron chi connectivity index (χ4n) is 1.19. The number of ether oxygens (including phenoxy) is 1. The molecule has 0 heterocycles. The van der Waals surface area contributed by atoms with Gasteiger partial charge in [0.1, 0.15) is 5.82 Å². The first-order valence-corrected chi connectivity index (χ1v) is 4.83. The summed E-state index contributed by atoms with van der Waals surface area (Å²) in [5, 5.41) is 11.1. The Kier molecular flexibility index (Phi) is 4.59. The van der Waals surface area contributed by atoms with Crippen LogP contribution in [0.2, 0.25) is 0 Å². The lowest BCUT2D eigenvalue weighted by atomic mass is 10.2. The number of carbonyl (C=O) groups excluding carboxylic acids is 2. The van der Waals surface area contributed by atoms with Crippen molar-refractivity contribution in [1.82, 2.24) is 5.32 Å². The highest BCUT2D eigenvalue weighted by molar-refractivity contribution is 5.96. The molecular weight excluding hydrogens is 229 g/mol. The number of amides is 1.